The van der Waals surface area contributed by atoms with E-state index in [0.717, 1.165) is 28.6 Å². The maximum Gasteiger partial charge on any atom is 0.321 e. The Morgan fingerprint density at radius 1 is 1.07 bits per heavy atom. The third kappa shape index (κ3) is 5.11. The van der Waals surface area contributed by atoms with Gasteiger partial charge in [-0.25, -0.2) is 0 Å². The van der Waals surface area contributed by atoms with Crippen molar-refractivity contribution < 1.29 is 14.3 Å². The van der Waals surface area contributed by atoms with Gasteiger partial charge in [0.25, 0.3) is 0 Å². The first-order chi connectivity index (χ1) is 13.1. The number of allylic oxidation sites excluding steroid dienone is 1. The first-order valence-corrected chi connectivity index (χ1v) is 10.5. The molecule has 3 rings (SSSR count). The highest BCUT2D eigenvalue weighted by Crippen LogP contribution is 2.41. The molecule has 0 fully saturated rings. The minimum absolute atomic E-state index is 0.207. The van der Waals surface area contributed by atoms with Crippen molar-refractivity contribution in [2.45, 2.75) is 43.1 Å². The maximum absolute atomic E-state index is 12.8. The number of benzene rings is 2. The second-order valence-corrected chi connectivity index (χ2v) is 8.48. The Hall–Kier alpha value is -1.85. The molecule has 0 spiro atoms. The summed E-state index contributed by atoms with van der Waals surface area (Å²) in [6.07, 6.45) is 2.30. The molecule has 0 heterocycles. The fraction of sp³-hybridized carbons (Fsp3) is 0.273. The van der Waals surface area contributed by atoms with Gasteiger partial charge in [0.2, 0.25) is 0 Å². The lowest BCUT2D eigenvalue weighted by Gasteiger charge is -2.26. The van der Waals surface area contributed by atoms with Crippen LogP contribution in [0.3, 0.4) is 0 Å². The van der Waals surface area contributed by atoms with Crippen LogP contribution >= 0.6 is 27.7 Å². The topological polar surface area (TPSA) is 43.4 Å². The highest BCUT2D eigenvalue weighted by Gasteiger charge is 2.32. The lowest BCUT2D eigenvalue weighted by molar-refractivity contribution is -0.151. The van der Waals surface area contributed by atoms with Crippen LogP contribution in [0.25, 0.3) is 0 Å². The van der Waals surface area contributed by atoms with Crippen LogP contribution in [0.5, 0.6) is 0 Å². The number of hydrogen-bond donors (Lipinski definition) is 0. The van der Waals surface area contributed by atoms with Gasteiger partial charge < -0.3 is 4.74 Å². The molecule has 0 N–H and O–H groups in total. The zero-order valence-electron chi connectivity index (χ0n) is 15.1. The minimum atomic E-state index is -0.876. The second-order valence-electron chi connectivity index (χ2n) is 6.46. The molecule has 0 unspecified atom stereocenters. The Morgan fingerprint density at radius 2 is 1.70 bits per heavy atom. The summed E-state index contributed by atoms with van der Waals surface area (Å²) in [4.78, 5) is 27.2. The highest BCUT2D eigenvalue weighted by atomic mass is 79.9. The van der Waals surface area contributed by atoms with Crippen LogP contribution in [0.4, 0.5) is 0 Å². The summed E-state index contributed by atoms with van der Waals surface area (Å²) in [5.74, 6) is -1.57. The van der Waals surface area contributed by atoms with Gasteiger partial charge in [0.15, 0.2) is 0 Å². The van der Waals surface area contributed by atoms with Gasteiger partial charge >= 0.3 is 5.97 Å². The van der Waals surface area contributed by atoms with E-state index in [9.17, 15) is 9.59 Å². The molecule has 2 atom stereocenters. The molecule has 27 heavy (non-hydrogen) atoms. The third-order valence-corrected chi connectivity index (χ3v) is 6.87. The predicted molar refractivity (Wildman–Crippen MR) is 112 cm³/mol. The van der Waals surface area contributed by atoms with Gasteiger partial charge in [0.05, 0.1) is 0 Å². The van der Waals surface area contributed by atoms with Crippen molar-refractivity contribution in [3.8, 4) is 0 Å². The number of carbonyl (C=O) groups is 2. The molecule has 140 valence electrons. The number of ketones is 1. The van der Waals surface area contributed by atoms with Crippen LogP contribution in [-0.4, -0.2) is 17.9 Å². The number of Topliss-reactive ketones (excluding diaryl/α,β-unsaturated/α-hetero) is 1. The van der Waals surface area contributed by atoms with Gasteiger partial charge in [-0.2, -0.15) is 0 Å². The quantitative estimate of drug-likeness (QED) is 0.413. The van der Waals surface area contributed by atoms with Crippen molar-refractivity contribution >= 4 is 39.4 Å². The molecule has 0 amide bonds. The van der Waals surface area contributed by atoms with Crippen LogP contribution in [0.1, 0.15) is 37.7 Å². The van der Waals surface area contributed by atoms with Gasteiger partial charge in [-0.1, -0.05) is 76.2 Å². The van der Waals surface area contributed by atoms with Crippen molar-refractivity contribution in [2.24, 2.45) is 0 Å². The van der Waals surface area contributed by atoms with Gasteiger partial charge in [0, 0.05) is 14.3 Å². The monoisotopic (exact) mass is 444 g/mol. The zero-order chi connectivity index (χ0) is 19.2. The molecule has 0 radical (unpaired) electrons. The fourth-order valence-electron chi connectivity index (χ4n) is 3.11. The summed E-state index contributed by atoms with van der Waals surface area (Å²) in [6, 6.07) is 19.2. The lowest BCUT2D eigenvalue weighted by Crippen LogP contribution is -2.28. The molecule has 5 heteroatoms. The SMILES string of the molecule is CC(=O)[C@@H](C(=O)O[C@H]1CCCC(Sc2ccccc2)=C1Br)c1ccccc1. The number of ether oxygens (including phenoxy) is 1. The van der Waals surface area contributed by atoms with Crippen LogP contribution in [0.15, 0.2) is 74.9 Å². The van der Waals surface area contributed by atoms with Crippen molar-refractivity contribution in [3.63, 3.8) is 0 Å². The molecule has 3 nitrogen and oxygen atoms in total. The smallest absolute Gasteiger partial charge is 0.321 e. The molecular weight excluding hydrogens is 424 g/mol. The Bertz CT molecular complexity index is 833. The van der Waals surface area contributed by atoms with Crippen LogP contribution in [-0.2, 0) is 14.3 Å². The summed E-state index contributed by atoms with van der Waals surface area (Å²) in [5, 5.41) is 0. The molecule has 2 aromatic rings. The lowest BCUT2D eigenvalue weighted by atomic mass is 9.95. The van der Waals surface area contributed by atoms with E-state index in [1.807, 2.05) is 36.4 Å². The second kappa shape index (κ2) is 9.38. The Balaban J connectivity index is 1.76. The Morgan fingerprint density at radius 3 is 2.33 bits per heavy atom. The average molecular weight is 445 g/mol. The van der Waals surface area contributed by atoms with Crippen molar-refractivity contribution in [1.29, 1.82) is 0 Å². The molecule has 0 saturated carbocycles. The summed E-state index contributed by atoms with van der Waals surface area (Å²) >= 11 is 5.34. The average Bonchev–Trinajstić information content (AvgIpc) is 2.66. The van der Waals surface area contributed by atoms with E-state index in [0.29, 0.717) is 5.56 Å². The zero-order valence-corrected chi connectivity index (χ0v) is 17.5. The predicted octanol–water partition coefficient (Wildman–Crippen LogP) is 5.85. The van der Waals surface area contributed by atoms with Crippen LogP contribution in [0, 0.1) is 0 Å². The summed E-state index contributed by atoms with van der Waals surface area (Å²) < 4.78 is 6.68. The van der Waals surface area contributed by atoms with E-state index < -0.39 is 11.9 Å². The summed E-state index contributed by atoms with van der Waals surface area (Å²) in [6.45, 7) is 1.43. The third-order valence-electron chi connectivity index (χ3n) is 4.44. The van der Waals surface area contributed by atoms with Crippen LogP contribution < -0.4 is 0 Å². The largest absolute Gasteiger partial charge is 0.456 e. The van der Waals surface area contributed by atoms with E-state index in [-0.39, 0.29) is 11.9 Å². The minimum Gasteiger partial charge on any atom is -0.456 e. The van der Waals surface area contributed by atoms with Gasteiger partial charge in [0.1, 0.15) is 17.8 Å². The number of esters is 1. The summed E-state index contributed by atoms with van der Waals surface area (Å²) in [7, 11) is 0. The fourth-order valence-corrected chi connectivity index (χ4v) is 4.92. The van der Waals surface area contributed by atoms with E-state index in [1.165, 1.54) is 11.8 Å². The molecule has 1 aliphatic rings. The number of hydrogen-bond acceptors (Lipinski definition) is 4. The number of halogens is 1. The number of rotatable bonds is 6. The van der Waals surface area contributed by atoms with Crippen LogP contribution in [0.2, 0.25) is 0 Å². The van der Waals surface area contributed by atoms with Gasteiger partial charge in [-0.05, 0) is 43.9 Å². The number of thioether (sulfide) groups is 1. The molecule has 0 saturated heterocycles. The molecule has 0 aliphatic heterocycles. The van der Waals surface area contributed by atoms with E-state index >= 15 is 0 Å². The van der Waals surface area contributed by atoms with Gasteiger partial charge in [-0.3, -0.25) is 9.59 Å². The van der Waals surface area contributed by atoms with Gasteiger partial charge in [-0.15, -0.1) is 0 Å². The molecule has 0 aromatic heterocycles. The highest BCUT2D eigenvalue weighted by molar-refractivity contribution is 9.11. The molecule has 2 aromatic carbocycles. The van der Waals surface area contributed by atoms with E-state index in [1.54, 1.807) is 23.9 Å². The first kappa shape index (κ1) is 19.9. The Kier molecular flexibility index (Phi) is 6.91. The standard InChI is InChI=1S/C22H21BrO3S/c1-15(24)20(16-9-4-2-5-10-16)22(25)26-18-13-8-14-19(21(18)23)27-17-11-6-3-7-12-17/h2-7,9-12,18,20H,8,13-14H2,1H3/t18-,20+/m0/s1. The number of carbonyl (C=O) groups excluding carboxylic acids is 2. The van der Waals surface area contributed by atoms with E-state index in [2.05, 4.69) is 28.1 Å². The Labute approximate surface area is 172 Å². The maximum atomic E-state index is 12.8. The molecule has 1 aliphatic carbocycles. The van der Waals surface area contributed by atoms with Crippen molar-refractivity contribution in [1.82, 2.24) is 0 Å². The summed E-state index contributed by atoms with van der Waals surface area (Å²) in [5.41, 5.74) is 0.671. The molecular formula is C22H21BrO3S. The molecule has 0 bridgehead atoms. The first-order valence-electron chi connectivity index (χ1n) is 8.93. The normalized spacial score (nSPS) is 18.1. The van der Waals surface area contributed by atoms with Crippen molar-refractivity contribution in [2.75, 3.05) is 0 Å². The van der Waals surface area contributed by atoms with Crippen molar-refractivity contribution in [3.05, 3.63) is 75.6 Å². The van der Waals surface area contributed by atoms with E-state index in [4.69, 9.17) is 4.74 Å².